The molecular formula is C34H33ClFN5O2. The lowest BCUT2D eigenvalue weighted by molar-refractivity contribution is 0.0700. The van der Waals surface area contributed by atoms with Crippen molar-refractivity contribution in [2.45, 2.75) is 44.3 Å². The van der Waals surface area contributed by atoms with E-state index in [0.29, 0.717) is 29.7 Å². The lowest BCUT2D eigenvalue weighted by Gasteiger charge is -2.27. The number of hydrogen-bond donors (Lipinski definition) is 1. The Balaban J connectivity index is 1.24. The van der Waals surface area contributed by atoms with Gasteiger partial charge in [-0.1, -0.05) is 29.8 Å². The monoisotopic (exact) mass is 597 g/mol. The molecule has 1 saturated heterocycles. The second-order valence-corrected chi connectivity index (χ2v) is 12.9. The lowest BCUT2D eigenvalue weighted by Crippen LogP contribution is -2.41. The number of carbonyl (C=O) groups excluding carboxylic acids is 1. The van der Waals surface area contributed by atoms with E-state index in [1.54, 1.807) is 13.2 Å². The molecule has 3 aliphatic rings. The van der Waals surface area contributed by atoms with Crippen molar-refractivity contribution in [1.29, 1.82) is 0 Å². The fourth-order valence-corrected chi connectivity index (χ4v) is 7.43. The van der Waals surface area contributed by atoms with E-state index >= 15 is 0 Å². The molecule has 2 aromatic heterocycles. The Morgan fingerprint density at radius 2 is 1.86 bits per heavy atom. The number of imidazole rings is 1. The number of likely N-dealkylation sites (tertiary alicyclic amines) is 1. The first-order valence-electron chi connectivity index (χ1n) is 15.0. The number of amides is 1. The van der Waals surface area contributed by atoms with Crippen LogP contribution in [0.15, 0.2) is 54.6 Å². The van der Waals surface area contributed by atoms with Crippen LogP contribution in [0.2, 0.25) is 5.02 Å². The third kappa shape index (κ3) is 4.25. The molecule has 3 heterocycles. The van der Waals surface area contributed by atoms with Crippen LogP contribution >= 0.6 is 11.6 Å². The van der Waals surface area contributed by atoms with Crippen LogP contribution in [0.1, 0.15) is 36.0 Å². The zero-order valence-corrected chi connectivity index (χ0v) is 24.9. The van der Waals surface area contributed by atoms with Gasteiger partial charge in [0.2, 0.25) is 0 Å². The van der Waals surface area contributed by atoms with Gasteiger partial charge in [-0.25, -0.2) is 9.37 Å². The fourth-order valence-electron chi connectivity index (χ4n) is 7.32. The molecule has 3 aromatic carbocycles. The Kier molecular flexibility index (Phi) is 6.11. The smallest absolute Gasteiger partial charge is 0.254 e. The maximum Gasteiger partial charge on any atom is 0.254 e. The summed E-state index contributed by atoms with van der Waals surface area (Å²) in [7, 11) is 3.63. The van der Waals surface area contributed by atoms with Gasteiger partial charge in [-0.15, -0.1) is 0 Å². The standard InChI is InChI=1S/C34H33ClFN5O2/c1-39-32-26(12-23(15-30(32)43-2)34(42)41-17-22-8-10-27(41)31(22)37)38-33(39)29-14-21-6-5-20(19-7-9-24(35)25(36)11-19)13-28(21)40(29)16-18-3-4-18/h5-7,9,11-15,18,22,27,31H,3-4,8,10,16-17,37H2,1-2H3/t22-,27-,31-/m1/s1. The number of aryl methyl sites for hydroxylation is 1. The highest BCUT2D eigenvalue weighted by atomic mass is 35.5. The quantitative estimate of drug-likeness (QED) is 0.238. The van der Waals surface area contributed by atoms with Crippen LogP contribution in [0.25, 0.3) is 44.6 Å². The van der Waals surface area contributed by atoms with Crippen LogP contribution in [0.5, 0.6) is 5.75 Å². The van der Waals surface area contributed by atoms with Gasteiger partial charge in [0.05, 0.1) is 23.3 Å². The average molecular weight is 598 g/mol. The molecule has 9 heteroatoms. The van der Waals surface area contributed by atoms with Gasteiger partial charge in [-0.05, 0) is 85.0 Å². The van der Waals surface area contributed by atoms with Gasteiger partial charge < -0.3 is 24.5 Å². The van der Waals surface area contributed by atoms with Crippen molar-refractivity contribution in [3.63, 3.8) is 0 Å². The lowest BCUT2D eigenvalue weighted by atomic mass is 10.0. The number of rotatable bonds is 6. The van der Waals surface area contributed by atoms with Crippen molar-refractivity contribution in [2.24, 2.45) is 24.6 Å². The minimum atomic E-state index is -0.431. The van der Waals surface area contributed by atoms with Gasteiger partial charge in [0.1, 0.15) is 17.1 Å². The van der Waals surface area contributed by atoms with Gasteiger partial charge >= 0.3 is 0 Å². The second kappa shape index (κ2) is 9.82. The molecule has 2 saturated carbocycles. The first-order valence-corrected chi connectivity index (χ1v) is 15.4. The summed E-state index contributed by atoms with van der Waals surface area (Å²) in [6, 6.07) is 17.2. The predicted octanol–water partition coefficient (Wildman–Crippen LogP) is 6.63. The summed E-state index contributed by atoms with van der Waals surface area (Å²) in [4.78, 5) is 20.7. The van der Waals surface area contributed by atoms with Crippen LogP contribution in [-0.2, 0) is 13.6 Å². The molecule has 2 bridgehead atoms. The minimum absolute atomic E-state index is 0.0101. The second-order valence-electron chi connectivity index (χ2n) is 12.5. The van der Waals surface area contributed by atoms with E-state index in [2.05, 4.69) is 27.3 Å². The number of piperidine rings is 1. The predicted molar refractivity (Wildman–Crippen MR) is 167 cm³/mol. The number of hydrogen-bond acceptors (Lipinski definition) is 4. The van der Waals surface area contributed by atoms with Gasteiger partial charge in [0, 0.05) is 48.7 Å². The molecule has 220 valence electrons. The van der Waals surface area contributed by atoms with Gasteiger partial charge in [-0.2, -0.15) is 0 Å². The van der Waals surface area contributed by atoms with Crippen LogP contribution in [0.3, 0.4) is 0 Å². The van der Waals surface area contributed by atoms with Crippen molar-refractivity contribution in [3.05, 3.63) is 71.0 Å². The Bertz CT molecular complexity index is 1940. The molecule has 3 fully saturated rings. The number of benzene rings is 3. The third-order valence-electron chi connectivity index (χ3n) is 9.84. The highest BCUT2D eigenvalue weighted by Gasteiger charge is 2.47. The Labute approximate surface area is 254 Å². The number of methoxy groups -OCH3 is 1. The Morgan fingerprint density at radius 3 is 2.56 bits per heavy atom. The van der Waals surface area contributed by atoms with E-state index in [1.165, 1.54) is 18.9 Å². The maximum absolute atomic E-state index is 14.3. The summed E-state index contributed by atoms with van der Waals surface area (Å²) in [5, 5.41) is 1.20. The van der Waals surface area contributed by atoms with E-state index in [0.717, 1.165) is 64.0 Å². The van der Waals surface area contributed by atoms with Crippen molar-refractivity contribution in [2.75, 3.05) is 13.7 Å². The molecule has 5 aromatic rings. The molecule has 2 aliphatic carbocycles. The summed E-state index contributed by atoms with van der Waals surface area (Å²) in [6.07, 6.45) is 4.45. The molecule has 43 heavy (non-hydrogen) atoms. The van der Waals surface area contributed by atoms with Crippen LogP contribution in [-0.4, -0.2) is 50.7 Å². The third-order valence-corrected chi connectivity index (χ3v) is 10.1. The van der Waals surface area contributed by atoms with Crippen molar-refractivity contribution < 1.29 is 13.9 Å². The van der Waals surface area contributed by atoms with Crippen LogP contribution in [0.4, 0.5) is 4.39 Å². The first kappa shape index (κ1) is 26.7. The molecule has 0 unspecified atom stereocenters. The fraction of sp³-hybridized carbons (Fsp3) is 0.353. The van der Waals surface area contributed by atoms with Gasteiger partial charge in [0.25, 0.3) is 5.91 Å². The molecule has 7 nitrogen and oxygen atoms in total. The van der Waals surface area contributed by atoms with Crippen LogP contribution < -0.4 is 10.5 Å². The van der Waals surface area contributed by atoms with Crippen LogP contribution in [0, 0.1) is 17.7 Å². The molecule has 0 spiro atoms. The number of nitrogens with zero attached hydrogens (tertiary/aromatic N) is 4. The summed E-state index contributed by atoms with van der Waals surface area (Å²) in [5.41, 5.74) is 12.3. The number of ether oxygens (including phenoxy) is 1. The van der Waals surface area contributed by atoms with Crippen molar-refractivity contribution >= 4 is 39.4 Å². The highest BCUT2D eigenvalue weighted by Crippen LogP contribution is 2.41. The molecule has 2 N–H and O–H groups in total. The number of carbonyl (C=O) groups is 1. The van der Waals surface area contributed by atoms with E-state index in [1.807, 2.05) is 36.2 Å². The molecule has 0 radical (unpaired) electrons. The van der Waals surface area contributed by atoms with E-state index < -0.39 is 5.82 Å². The molecule has 8 rings (SSSR count). The summed E-state index contributed by atoms with van der Waals surface area (Å²) in [5.74, 6) is 1.97. The normalized spacial score (nSPS) is 21.4. The average Bonchev–Trinajstić information content (AvgIpc) is 3.42. The SMILES string of the molecule is COc1cc(C(=O)N2C[C@H]3CC[C@@H]2[C@@H]3N)cc2nc(-c3cc4ccc(-c5ccc(Cl)c(F)c5)cc4n3CC3CC3)n(C)c12. The molecule has 1 amide bonds. The summed E-state index contributed by atoms with van der Waals surface area (Å²) in [6.45, 7) is 1.59. The number of aromatic nitrogens is 3. The Hall–Kier alpha value is -3.88. The van der Waals surface area contributed by atoms with Gasteiger partial charge in [-0.3, -0.25) is 4.79 Å². The van der Waals surface area contributed by atoms with Crippen molar-refractivity contribution in [1.82, 2.24) is 19.0 Å². The summed E-state index contributed by atoms with van der Waals surface area (Å²) < 4.78 is 24.5. The topological polar surface area (TPSA) is 78.3 Å². The van der Waals surface area contributed by atoms with E-state index in [4.69, 9.17) is 27.1 Å². The summed E-state index contributed by atoms with van der Waals surface area (Å²) >= 11 is 5.95. The van der Waals surface area contributed by atoms with Crippen molar-refractivity contribution in [3.8, 4) is 28.4 Å². The Morgan fingerprint density at radius 1 is 1.07 bits per heavy atom. The van der Waals surface area contributed by atoms with E-state index in [-0.39, 0.29) is 23.0 Å². The largest absolute Gasteiger partial charge is 0.494 e. The van der Waals surface area contributed by atoms with Gasteiger partial charge in [0.15, 0.2) is 5.82 Å². The molecule has 1 aliphatic heterocycles. The molecular weight excluding hydrogens is 565 g/mol. The molecule has 3 atom stereocenters. The maximum atomic E-state index is 14.3. The minimum Gasteiger partial charge on any atom is -0.494 e. The zero-order chi connectivity index (χ0) is 29.6. The highest BCUT2D eigenvalue weighted by molar-refractivity contribution is 6.30. The number of fused-ring (bicyclic) bond motifs is 4. The number of nitrogens with two attached hydrogens (primary N) is 1. The van der Waals surface area contributed by atoms with E-state index in [9.17, 15) is 9.18 Å². The number of halogens is 2. The first-order chi connectivity index (χ1) is 20.8. The zero-order valence-electron chi connectivity index (χ0n) is 24.2.